The van der Waals surface area contributed by atoms with Gasteiger partial charge in [-0.2, -0.15) is 0 Å². The van der Waals surface area contributed by atoms with Crippen LogP contribution in [0, 0.1) is 0 Å². The predicted octanol–water partition coefficient (Wildman–Crippen LogP) is 1.39. The summed E-state index contributed by atoms with van der Waals surface area (Å²) < 4.78 is 9.87. The molecule has 1 N–H and O–H groups in total. The van der Waals surface area contributed by atoms with Gasteiger partial charge in [-0.1, -0.05) is 0 Å². The van der Waals surface area contributed by atoms with E-state index in [0.717, 1.165) is 18.2 Å². The van der Waals surface area contributed by atoms with E-state index >= 15 is 0 Å². The molecule has 2 fully saturated rings. The van der Waals surface area contributed by atoms with Crippen LogP contribution in [-0.4, -0.2) is 43.2 Å². The van der Waals surface area contributed by atoms with Crippen molar-refractivity contribution < 1.29 is 13.9 Å². The minimum absolute atomic E-state index is 0.312. The van der Waals surface area contributed by atoms with Crippen LogP contribution in [0.5, 0.6) is 0 Å². The molecule has 19 heavy (non-hydrogen) atoms. The molecule has 1 aromatic heterocycles. The maximum Gasteiger partial charge on any atom is 0.374 e. The monoisotopic (exact) mass is 264 g/mol. The van der Waals surface area contributed by atoms with E-state index in [0.29, 0.717) is 18.3 Å². The highest BCUT2D eigenvalue weighted by atomic mass is 16.5. The van der Waals surface area contributed by atoms with E-state index in [1.165, 1.54) is 39.2 Å². The number of esters is 1. The third-order valence-corrected chi connectivity index (χ3v) is 3.98. The van der Waals surface area contributed by atoms with Gasteiger partial charge < -0.3 is 14.5 Å². The molecule has 0 bridgehead atoms. The minimum Gasteiger partial charge on any atom is -0.463 e. The first-order valence-corrected chi connectivity index (χ1v) is 6.90. The Labute approximate surface area is 112 Å². The Hall–Kier alpha value is -1.33. The molecule has 1 aromatic rings. The zero-order chi connectivity index (χ0) is 13.2. The maximum atomic E-state index is 11.5. The summed E-state index contributed by atoms with van der Waals surface area (Å²) in [6.07, 6.45) is 5.44. The molecule has 0 radical (unpaired) electrons. The van der Waals surface area contributed by atoms with Gasteiger partial charge in [0.1, 0.15) is 0 Å². The van der Waals surface area contributed by atoms with Crippen LogP contribution in [0.25, 0.3) is 0 Å². The third-order valence-electron chi connectivity index (χ3n) is 3.98. The average Bonchev–Trinajstić information content (AvgIpc) is 3.00. The van der Waals surface area contributed by atoms with Crippen LogP contribution in [-0.2, 0) is 11.3 Å². The fourth-order valence-electron chi connectivity index (χ4n) is 2.73. The number of nitrogens with one attached hydrogen (secondary N) is 1. The van der Waals surface area contributed by atoms with E-state index in [4.69, 9.17) is 9.15 Å². The highest BCUT2D eigenvalue weighted by Gasteiger charge is 2.34. The maximum absolute atomic E-state index is 11.5. The summed E-state index contributed by atoms with van der Waals surface area (Å²) in [6.45, 7) is 2.97. The minimum atomic E-state index is -0.409. The van der Waals surface area contributed by atoms with Gasteiger partial charge in [-0.3, -0.25) is 4.90 Å². The van der Waals surface area contributed by atoms with Gasteiger partial charge in [-0.25, -0.2) is 4.79 Å². The van der Waals surface area contributed by atoms with E-state index in [1.807, 2.05) is 6.07 Å². The van der Waals surface area contributed by atoms with Crippen LogP contribution in [0.2, 0.25) is 0 Å². The largest absolute Gasteiger partial charge is 0.463 e. The van der Waals surface area contributed by atoms with Crippen molar-refractivity contribution in [1.82, 2.24) is 10.2 Å². The van der Waals surface area contributed by atoms with Gasteiger partial charge in [0.15, 0.2) is 0 Å². The van der Waals surface area contributed by atoms with Gasteiger partial charge in [0.2, 0.25) is 5.76 Å². The molecule has 5 heteroatoms. The molecule has 5 nitrogen and oxygen atoms in total. The fraction of sp³-hybridized carbons (Fsp3) is 0.643. The van der Waals surface area contributed by atoms with Gasteiger partial charge in [0, 0.05) is 37.3 Å². The summed E-state index contributed by atoms with van der Waals surface area (Å²) in [5.41, 5.74) is 0.872. The lowest BCUT2D eigenvalue weighted by atomic mass is 10.2. The van der Waals surface area contributed by atoms with Crippen molar-refractivity contribution in [3.8, 4) is 0 Å². The van der Waals surface area contributed by atoms with Gasteiger partial charge >= 0.3 is 5.97 Å². The molecule has 2 heterocycles. The summed E-state index contributed by atoms with van der Waals surface area (Å²) in [4.78, 5) is 14.1. The van der Waals surface area contributed by atoms with E-state index in [1.54, 1.807) is 0 Å². The number of hydrogen-bond acceptors (Lipinski definition) is 5. The molecule has 1 saturated carbocycles. The second-order valence-corrected chi connectivity index (χ2v) is 5.36. The first kappa shape index (κ1) is 12.7. The SMILES string of the molecule is COC(=O)c1occc1CNC1CCN(C2CC2)C1. The molecule has 1 aliphatic carbocycles. The van der Waals surface area contributed by atoms with Crippen LogP contribution in [0.1, 0.15) is 35.4 Å². The Bertz CT molecular complexity index is 453. The molecule has 0 aromatic carbocycles. The summed E-state index contributed by atoms with van der Waals surface area (Å²) in [7, 11) is 1.37. The van der Waals surface area contributed by atoms with Gasteiger partial charge in [0.25, 0.3) is 0 Å². The molecule has 1 atom stereocenters. The van der Waals surface area contributed by atoms with Crippen LogP contribution in [0.4, 0.5) is 0 Å². The van der Waals surface area contributed by atoms with E-state index in [-0.39, 0.29) is 0 Å². The smallest absolute Gasteiger partial charge is 0.374 e. The average molecular weight is 264 g/mol. The van der Waals surface area contributed by atoms with E-state index < -0.39 is 5.97 Å². The lowest BCUT2D eigenvalue weighted by Gasteiger charge is -2.15. The number of furan rings is 1. The number of rotatable bonds is 5. The standard InChI is InChI=1S/C14H20N2O3/c1-18-14(17)13-10(5-7-19-13)8-15-11-4-6-16(9-11)12-2-3-12/h5,7,11-12,15H,2-4,6,8-9H2,1H3. The molecule has 1 aliphatic heterocycles. The Morgan fingerprint density at radius 2 is 2.37 bits per heavy atom. The lowest BCUT2D eigenvalue weighted by molar-refractivity contribution is 0.0563. The van der Waals surface area contributed by atoms with Gasteiger partial charge in [0.05, 0.1) is 13.4 Å². The molecular formula is C14H20N2O3. The molecule has 0 spiro atoms. The Kier molecular flexibility index (Phi) is 3.57. The molecule has 3 rings (SSSR count). The normalized spacial score (nSPS) is 23.7. The predicted molar refractivity (Wildman–Crippen MR) is 69.9 cm³/mol. The summed E-state index contributed by atoms with van der Waals surface area (Å²) in [5, 5.41) is 3.51. The second kappa shape index (κ2) is 5.35. The Balaban J connectivity index is 1.52. The zero-order valence-corrected chi connectivity index (χ0v) is 11.2. The van der Waals surface area contributed by atoms with Crippen molar-refractivity contribution in [2.45, 2.75) is 37.9 Å². The van der Waals surface area contributed by atoms with Crippen molar-refractivity contribution in [3.05, 3.63) is 23.7 Å². The van der Waals surface area contributed by atoms with Gasteiger partial charge in [-0.05, 0) is 25.3 Å². The highest BCUT2D eigenvalue weighted by molar-refractivity contribution is 5.87. The molecule has 1 unspecified atom stereocenters. The summed E-state index contributed by atoms with van der Waals surface area (Å²) in [6, 6.07) is 3.18. The van der Waals surface area contributed by atoms with Crippen LogP contribution in [0.3, 0.4) is 0 Å². The molecule has 104 valence electrons. The van der Waals surface area contributed by atoms with Crippen LogP contribution in [0.15, 0.2) is 16.7 Å². The number of ether oxygens (including phenoxy) is 1. The number of likely N-dealkylation sites (tertiary alicyclic amines) is 1. The summed E-state index contributed by atoms with van der Waals surface area (Å²) >= 11 is 0. The van der Waals surface area contributed by atoms with Crippen molar-refractivity contribution in [1.29, 1.82) is 0 Å². The first-order valence-electron chi connectivity index (χ1n) is 6.90. The van der Waals surface area contributed by atoms with Crippen LogP contribution >= 0.6 is 0 Å². The van der Waals surface area contributed by atoms with Gasteiger partial charge in [-0.15, -0.1) is 0 Å². The molecule has 0 amide bonds. The highest BCUT2D eigenvalue weighted by Crippen LogP contribution is 2.29. The number of nitrogens with zero attached hydrogens (tertiary/aromatic N) is 1. The summed E-state index contributed by atoms with van der Waals surface area (Å²) in [5.74, 6) is -0.0973. The van der Waals surface area contributed by atoms with Crippen molar-refractivity contribution in [2.24, 2.45) is 0 Å². The van der Waals surface area contributed by atoms with Crippen LogP contribution < -0.4 is 5.32 Å². The molecular weight excluding hydrogens is 244 g/mol. The molecule has 2 aliphatic rings. The molecule has 1 saturated heterocycles. The zero-order valence-electron chi connectivity index (χ0n) is 11.2. The third kappa shape index (κ3) is 2.82. The Morgan fingerprint density at radius 3 is 3.11 bits per heavy atom. The lowest BCUT2D eigenvalue weighted by Crippen LogP contribution is -2.33. The Morgan fingerprint density at radius 1 is 1.53 bits per heavy atom. The van der Waals surface area contributed by atoms with Crippen molar-refractivity contribution in [3.63, 3.8) is 0 Å². The fourth-order valence-corrected chi connectivity index (χ4v) is 2.73. The van der Waals surface area contributed by atoms with E-state index in [9.17, 15) is 4.79 Å². The van der Waals surface area contributed by atoms with E-state index in [2.05, 4.69) is 10.2 Å². The second-order valence-electron chi connectivity index (χ2n) is 5.36. The topological polar surface area (TPSA) is 54.7 Å². The number of hydrogen-bond donors (Lipinski definition) is 1. The van der Waals surface area contributed by atoms with Crippen molar-refractivity contribution in [2.75, 3.05) is 20.2 Å². The quantitative estimate of drug-likeness (QED) is 0.815. The number of methoxy groups -OCH3 is 1. The first-order chi connectivity index (χ1) is 9.28. The van der Waals surface area contributed by atoms with Crippen molar-refractivity contribution >= 4 is 5.97 Å². The number of carbonyl (C=O) groups excluding carboxylic acids is 1. The number of carbonyl (C=O) groups is 1.